The van der Waals surface area contributed by atoms with Crippen LogP contribution in [0.3, 0.4) is 0 Å². The quantitative estimate of drug-likeness (QED) is 0.708. The van der Waals surface area contributed by atoms with Gasteiger partial charge in [0.1, 0.15) is 11.5 Å². The second kappa shape index (κ2) is 5.44. The Morgan fingerprint density at radius 1 is 1.24 bits per heavy atom. The summed E-state index contributed by atoms with van der Waals surface area (Å²) in [6.07, 6.45) is 4.18. The molecule has 25 heavy (non-hydrogen) atoms. The first-order valence-electron chi connectivity index (χ1n) is 8.51. The lowest BCUT2D eigenvalue weighted by atomic mass is 10.2. The molecule has 3 aromatic heterocycles. The number of methoxy groups -OCH3 is 1. The molecule has 2 unspecified atom stereocenters. The Morgan fingerprint density at radius 2 is 2.00 bits per heavy atom. The minimum absolute atomic E-state index is 0.378. The summed E-state index contributed by atoms with van der Waals surface area (Å²) in [5.74, 6) is 0.924. The molecule has 1 N–H and O–H groups in total. The fraction of sp³-hybridized carbons (Fsp3) is 0.471. The van der Waals surface area contributed by atoms with Crippen LogP contribution in [0.2, 0.25) is 5.15 Å². The Morgan fingerprint density at radius 3 is 2.72 bits per heavy atom. The fourth-order valence-electron chi connectivity index (χ4n) is 4.25. The minimum Gasteiger partial charge on any atom is -0.467 e. The van der Waals surface area contributed by atoms with Gasteiger partial charge < -0.3 is 19.5 Å². The van der Waals surface area contributed by atoms with Gasteiger partial charge >= 0.3 is 6.01 Å². The Labute approximate surface area is 150 Å². The summed E-state index contributed by atoms with van der Waals surface area (Å²) in [6.45, 7) is 1.89. The molecule has 5 rings (SSSR count). The van der Waals surface area contributed by atoms with Crippen LogP contribution < -0.4 is 15.0 Å². The van der Waals surface area contributed by atoms with Crippen molar-refractivity contribution < 1.29 is 4.74 Å². The van der Waals surface area contributed by atoms with Crippen molar-refractivity contribution >= 4 is 39.4 Å². The third-order valence-electron chi connectivity index (χ3n) is 5.35. The molecule has 0 aromatic carbocycles. The first-order valence-corrected chi connectivity index (χ1v) is 8.89. The number of halogens is 1. The van der Waals surface area contributed by atoms with Crippen molar-refractivity contribution in [1.29, 1.82) is 0 Å². The van der Waals surface area contributed by atoms with Gasteiger partial charge in [0.2, 0.25) is 0 Å². The van der Waals surface area contributed by atoms with E-state index in [1.807, 2.05) is 17.7 Å². The van der Waals surface area contributed by atoms with E-state index < -0.39 is 0 Å². The number of pyridine rings is 1. The van der Waals surface area contributed by atoms with Crippen molar-refractivity contribution in [1.82, 2.24) is 24.8 Å². The maximum atomic E-state index is 6.37. The summed E-state index contributed by atoms with van der Waals surface area (Å²) in [4.78, 5) is 15.9. The summed E-state index contributed by atoms with van der Waals surface area (Å²) < 4.78 is 7.35. The van der Waals surface area contributed by atoms with E-state index in [0.29, 0.717) is 23.2 Å². The van der Waals surface area contributed by atoms with Crippen LogP contribution in [0.15, 0.2) is 12.3 Å². The maximum absolute atomic E-state index is 6.37. The Kier molecular flexibility index (Phi) is 3.30. The van der Waals surface area contributed by atoms with Crippen LogP contribution in [0, 0.1) is 0 Å². The van der Waals surface area contributed by atoms with Crippen LogP contribution in [0.25, 0.3) is 21.9 Å². The average Bonchev–Trinajstić information content (AvgIpc) is 3.12. The first-order chi connectivity index (χ1) is 12.2. The number of hydrogen-bond acceptors (Lipinski definition) is 6. The molecule has 8 heteroatoms. The second-order valence-corrected chi connectivity index (χ2v) is 7.19. The molecule has 2 atom stereocenters. The zero-order valence-electron chi connectivity index (χ0n) is 14.2. The number of aromatic nitrogens is 4. The fourth-order valence-corrected chi connectivity index (χ4v) is 4.53. The average molecular weight is 359 g/mol. The standard InChI is InChI=1S/C17H19ClN6O/c1-23-13-11(5-6-19-14(13)18)12-15(23)21-17(25-2)22-16(12)24-7-9-3-4-10(8-24)20-9/h5-6,9-10,20H,3-4,7-8H2,1-2H3. The monoisotopic (exact) mass is 358 g/mol. The number of hydrogen-bond donors (Lipinski definition) is 1. The molecule has 5 heterocycles. The van der Waals surface area contributed by atoms with Gasteiger partial charge in [0.15, 0.2) is 5.15 Å². The predicted molar refractivity (Wildman–Crippen MR) is 97.5 cm³/mol. The lowest BCUT2D eigenvalue weighted by molar-refractivity contribution is 0.380. The molecule has 2 saturated heterocycles. The molecule has 130 valence electrons. The lowest BCUT2D eigenvalue weighted by Gasteiger charge is -2.34. The van der Waals surface area contributed by atoms with E-state index >= 15 is 0 Å². The van der Waals surface area contributed by atoms with Crippen molar-refractivity contribution in [3.8, 4) is 6.01 Å². The number of rotatable bonds is 2. The second-order valence-electron chi connectivity index (χ2n) is 6.83. The molecular weight excluding hydrogens is 340 g/mol. The van der Waals surface area contributed by atoms with Crippen LogP contribution in [0.5, 0.6) is 6.01 Å². The Balaban J connectivity index is 1.81. The maximum Gasteiger partial charge on any atom is 0.320 e. The Bertz CT molecular complexity index is 974. The number of fused-ring (bicyclic) bond motifs is 5. The van der Waals surface area contributed by atoms with Crippen LogP contribution in [-0.4, -0.2) is 51.8 Å². The third-order valence-corrected chi connectivity index (χ3v) is 5.63. The number of anilines is 1. The van der Waals surface area contributed by atoms with Crippen molar-refractivity contribution in [3.63, 3.8) is 0 Å². The van der Waals surface area contributed by atoms with Gasteiger partial charge in [0.25, 0.3) is 0 Å². The highest BCUT2D eigenvalue weighted by Gasteiger charge is 2.34. The minimum atomic E-state index is 0.378. The van der Waals surface area contributed by atoms with Crippen molar-refractivity contribution in [2.75, 3.05) is 25.1 Å². The van der Waals surface area contributed by atoms with E-state index in [-0.39, 0.29) is 0 Å². The van der Waals surface area contributed by atoms with Crippen molar-refractivity contribution in [2.24, 2.45) is 7.05 Å². The molecule has 2 bridgehead atoms. The zero-order valence-corrected chi connectivity index (χ0v) is 14.9. The molecule has 0 saturated carbocycles. The van der Waals surface area contributed by atoms with Gasteiger partial charge in [-0.3, -0.25) is 0 Å². The van der Waals surface area contributed by atoms with Gasteiger partial charge in [-0.1, -0.05) is 11.6 Å². The topological polar surface area (TPSA) is 68.1 Å². The van der Waals surface area contributed by atoms with Gasteiger partial charge in [-0.25, -0.2) is 4.98 Å². The molecule has 2 aliphatic rings. The van der Waals surface area contributed by atoms with E-state index in [9.17, 15) is 0 Å². The lowest BCUT2D eigenvalue weighted by Crippen LogP contribution is -2.51. The van der Waals surface area contributed by atoms with E-state index in [4.69, 9.17) is 21.3 Å². The summed E-state index contributed by atoms with van der Waals surface area (Å²) in [5, 5.41) is 6.19. The number of ether oxygens (including phenoxy) is 1. The predicted octanol–water partition coefficient (Wildman–Crippen LogP) is 2.12. The van der Waals surface area contributed by atoms with Gasteiger partial charge in [-0.2, -0.15) is 9.97 Å². The van der Waals surface area contributed by atoms with Gasteiger partial charge in [0, 0.05) is 43.8 Å². The van der Waals surface area contributed by atoms with Crippen LogP contribution in [0.4, 0.5) is 5.82 Å². The SMILES string of the molecule is COc1nc(N2CC3CCC(C2)N3)c2c3ccnc(Cl)c3n(C)c2n1. The zero-order chi connectivity index (χ0) is 17.1. The molecule has 2 fully saturated rings. The van der Waals surface area contributed by atoms with Crippen LogP contribution >= 0.6 is 11.6 Å². The normalized spacial score (nSPS) is 22.9. The van der Waals surface area contributed by atoms with Gasteiger partial charge in [-0.05, 0) is 18.9 Å². The van der Waals surface area contributed by atoms with E-state index in [0.717, 1.165) is 40.8 Å². The molecule has 3 aromatic rings. The number of nitrogens with one attached hydrogen (secondary N) is 1. The highest BCUT2D eigenvalue weighted by molar-refractivity contribution is 6.35. The molecule has 0 radical (unpaired) electrons. The molecule has 2 aliphatic heterocycles. The van der Waals surface area contributed by atoms with E-state index in [2.05, 4.69) is 20.2 Å². The van der Waals surface area contributed by atoms with Gasteiger partial charge in [0.05, 0.1) is 18.0 Å². The summed E-state index contributed by atoms with van der Waals surface area (Å²) >= 11 is 6.37. The summed E-state index contributed by atoms with van der Waals surface area (Å²) in [7, 11) is 3.56. The smallest absolute Gasteiger partial charge is 0.320 e. The summed E-state index contributed by atoms with van der Waals surface area (Å²) in [6, 6.07) is 3.41. The largest absolute Gasteiger partial charge is 0.467 e. The third kappa shape index (κ3) is 2.19. The highest BCUT2D eigenvalue weighted by Crippen LogP contribution is 2.38. The number of piperazine rings is 1. The molecular formula is C17H19ClN6O. The van der Waals surface area contributed by atoms with Crippen molar-refractivity contribution in [2.45, 2.75) is 24.9 Å². The van der Waals surface area contributed by atoms with Crippen LogP contribution in [0.1, 0.15) is 12.8 Å². The number of nitrogens with zero attached hydrogens (tertiary/aromatic N) is 5. The van der Waals surface area contributed by atoms with Crippen LogP contribution in [-0.2, 0) is 7.05 Å². The molecule has 0 aliphatic carbocycles. The van der Waals surface area contributed by atoms with Crippen molar-refractivity contribution in [3.05, 3.63) is 17.4 Å². The molecule has 7 nitrogen and oxygen atoms in total. The summed E-state index contributed by atoms with van der Waals surface area (Å²) in [5.41, 5.74) is 1.69. The highest BCUT2D eigenvalue weighted by atomic mass is 35.5. The Hall–Kier alpha value is -2.12. The van der Waals surface area contributed by atoms with E-state index in [1.165, 1.54) is 12.8 Å². The van der Waals surface area contributed by atoms with Gasteiger partial charge in [-0.15, -0.1) is 0 Å². The van der Waals surface area contributed by atoms with E-state index in [1.54, 1.807) is 13.3 Å². The first kappa shape index (κ1) is 15.2. The molecule has 0 amide bonds. The number of aryl methyl sites for hydroxylation is 1. The molecule has 0 spiro atoms.